The van der Waals surface area contributed by atoms with Crippen molar-refractivity contribution < 1.29 is 33.8 Å². The maximum Gasteiger partial charge on any atom is 0.339 e. The Balaban J connectivity index is 1.48. The lowest BCUT2D eigenvalue weighted by molar-refractivity contribution is -0.113. The normalized spacial score (nSPS) is 14.0. The van der Waals surface area contributed by atoms with Crippen molar-refractivity contribution in [2.45, 2.75) is 6.92 Å². The van der Waals surface area contributed by atoms with Gasteiger partial charge in [0, 0.05) is 17.2 Å². The minimum Gasteiger partial charge on any atom is -0.507 e. The summed E-state index contributed by atoms with van der Waals surface area (Å²) in [7, 11) is 0. The summed E-state index contributed by atoms with van der Waals surface area (Å²) in [5.74, 6) is -1.48. The van der Waals surface area contributed by atoms with Crippen LogP contribution in [-0.2, 0) is 9.53 Å². The number of carboxylic acids is 1. The second-order valence-electron chi connectivity index (χ2n) is 8.64. The molecule has 5 rings (SSSR count). The van der Waals surface area contributed by atoms with E-state index in [0.717, 1.165) is 11.1 Å². The van der Waals surface area contributed by atoms with Gasteiger partial charge in [-0.1, -0.05) is 42.5 Å². The molecular weight excluding hydrogens is 498 g/mol. The number of furan rings is 1. The van der Waals surface area contributed by atoms with Crippen LogP contribution < -0.4 is 4.90 Å². The van der Waals surface area contributed by atoms with Crippen LogP contribution in [0.2, 0.25) is 0 Å². The van der Waals surface area contributed by atoms with Crippen LogP contribution in [0.4, 0.5) is 5.69 Å². The smallest absolute Gasteiger partial charge is 0.339 e. The van der Waals surface area contributed by atoms with Gasteiger partial charge in [-0.3, -0.25) is 9.69 Å². The molecule has 8 nitrogen and oxygen atoms in total. The number of amides is 1. The summed E-state index contributed by atoms with van der Waals surface area (Å²) in [4.78, 5) is 38.3. The van der Waals surface area contributed by atoms with Gasteiger partial charge in [-0.25, -0.2) is 9.59 Å². The second kappa shape index (κ2) is 10.5. The highest BCUT2D eigenvalue weighted by atomic mass is 16.5. The summed E-state index contributed by atoms with van der Waals surface area (Å²) in [6.45, 7) is 2.04. The van der Waals surface area contributed by atoms with Crippen LogP contribution in [0.5, 0.6) is 5.75 Å². The van der Waals surface area contributed by atoms with Crippen molar-refractivity contribution >= 4 is 35.3 Å². The summed E-state index contributed by atoms with van der Waals surface area (Å²) >= 11 is 0. The number of hydrogen-bond acceptors (Lipinski definition) is 6. The van der Waals surface area contributed by atoms with Gasteiger partial charge in [0.25, 0.3) is 5.91 Å². The third kappa shape index (κ3) is 5.08. The summed E-state index contributed by atoms with van der Waals surface area (Å²) in [5.41, 5.74) is 2.92. The zero-order valence-corrected chi connectivity index (χ0v) is 20.8. The van der Waals surface area contributed by atoms with Crippen LogP contribution in [-0.4, -0.2) is 34.7 Å². The first-order chi connectivity index (χ1) is 18.9. The molecule has 0 unspecified atom stereocenters. The van der Waals surface area contributed by atoms with Gasteiger partial charge in [-0.05, 0) is 61.0 Å². The van der Waals surface area contributed by atoms with E-state index in [2.05, 4.69) is 0 Å². The maximum absolute atomic E-state index is 13.6. The Morgan fingerprint density at radius 1 is 0.949 bits per heavy atom. The van der Waals surface area contributed by atoms with Crippen LogP contribution in [0.3, 0.4) is 0 Å². The van der Waals surface area contributed by atoms with Crippen LogP contribution >= 0.6 is 0 Å². The van der Waals surface area contributed by atoms with Gasteiger partial charge in [0.05, 0.1) is 23.6 Å². The monoisotopic (exact) mass is 521 g/mol. The molecule has 0 spiro atoms. The number of benzene rings is 3. The minimum absolute atomic E-state index is 0.259. The number of hydrogen-bond donors (Lipinski definition) is 2. The predicted molar refractivity (Wildman–Crippen MR) is 145 cm³/mol. The van der Waals surface area contributed by atoms with Crippen molar-refractivity contribution in [3.05, 3.63) is 119 Å². The molecule has 0 radical (unpaired) electrons. The van der Waals surface area contributed by atoms with E-state index in [0.29, 0.717) is 40.6 Å². The third-order valence-electron chi connectivity index (χ3n) is 6.13. The first-order valence-electron chi connectivity index (χ1n) is 12.1. The number of aromatic hydroxyl groups is 1. The summed E-state index contributed by atoms with van der Waals surface area (Å²) in [6.07, 6.45) is 3.34. The molecule has 1 aliphatic heterocycles. The molecule has 39 heavy (non-hydrogen) atoms. The zero-order chi connectivity index (χ0) is 27.5. The van der Waals surface area contributed by atoms with Gasteiger partial charge in [0.2, 0.25) is 0 Å². The SMILES string of the molecule is CCOC(=O)c1ccc(-c2ccc(/C=C3\C=C(c4ccccc4)N(c4ccc(C(=O)O)c(O)c4)C3=O)o2)cc1. The van der Waals surface area contributed by atoms with Crippen LogP contribution in [0.15, 0.2) is 101 Å². The number of carboxylic acid groups (broad SMARTS) is 1. The highest BCUT2D eigenvalue weighted by molar-refractivity contribution is 6.23. The molecule has 8 heteroatoms. The standard InChI is InChI=1S/C31H23NO7/c1-2-38-31(37)21-10-8-20(9-11-21)28-15-13-24(39-28)16-22-17-26(19-6-4-3-5-7-19)32(29(22)34)23-12-14-25(30(35)36)27(33)18-23/h3-18,33H,2H2,1H3,(H,35,36)/b22-16+. The van der Waals surface area contributed by atoms with E-state index >= 15 is 0 Å². The molecule has 1 aliphatic rings. The molecule has 0 saturated carbocycles. The van der Waals surface area contributed by atoms with E-state index < -0.39 is 17.7 Å². The predicted octanol–water partition coefficient (Wildman–Crippen LogP) is 6.00. The maximum atomic E-state index is 13.6. The number of ether oxygens (including phenoxy) is 1. The number of aromatic carboxylic acids is 1. The fourth-order valence-electron chi connectivity index (χ4n) is 4.26. The number of carbonyl (C=O) groups excluding carboxylic acids is 2. The Labute approximate surface area is 223 Å². The average Bonchev–Trinajstić information content (AvgIpc) is 3.54. The molecule has 0 fully saturated rings. The van der Waals surface area contributed by atoms with E-state index in [9.17, 15) is 24.6 Å². The van der Waals surface area contributed by atoms with Gasteiger partial charge in [0.15, 0.2) is 0 Å². The Kier molecular flexibility index (Phi) is 6.84. The van der Waals surface area contributed by atoms with E-state index in [1.807, 2.05) is 30.3 Å². The van der Waals surface area contributed by atoms with Gasteiger partial charge in [-0.15, -0.1) is 0 Å². The second-order valence-corrected chi connectivity index (χ2v) is 8.64. The Morgan fingerprint density at radius 2 is 1.69 bits per heavy atom. The van der Waals surface area contributed by atoms with Gasteiger partial charge >= 0.3 is 11.9 Å². The number of anilines is 1. The summed E-state index contributed by atoms with van der Waals surface area (Å²) in [6, 6.07) is 23.6. The van der Waals surface area contributed by atoms with Crippen LogP contribution in [0, 0.1) is 0 Å². The van der Waals surface area contributed by atoms with Crippen LogP contribution in [0.1, 0.15) is 39.0 Å². The van der Waals surface area contributed by atoms with Crippen molar-refractivity contribution in [1.82, 2.24) is 0 Å². The average molecular weight is 522 g/mol. The molecule has 3 aromatic carbocycles. The van der Waals surface area contributed by atoms with E-state index in [1.165, 1.54) is 23.1 Å². The molecule has 0 bridgehead atoms. The van der Waals surface area contributed by atoms with Crippen molar-refractivity contribution in [2.75, 3.05) is 11.5 Å². The molecule has 194 valence electrons. The van der Waals surface area contributed by atoms with Crippen molar-refractivity contribution in [2.24, 2.45) is 0 Å². The van der Waals surface area contributed by atoms with Crippen molar-refractivity contribution in [1.29, 1.82) is 0 Å². The summed E-state index contributed by atoms with van der Waals surface area (Å²) < 4.78 is 11.0. The summed E-state index contributed by atoms with van der Waals surface area (Å²) in [5, 5.41) is 19.5. The number of nitrogens with zero attached hydrogens (tertiary/aromatic N) is 1. The van der Waals surface area contributed by atoms with Crippen molar-refractivity contribution in [3.8, 4) is 17.1 Å². The number of carbonyl (C=O) groups is 3. The zero-order valence-electron chi connectivity index (χ0n) is 20.8. The minimum atomic E-state index is -1.27. The number of esters is 1. The molecule has 0 saturated heterocycles. The van der Waals surface area contributed by atoms with Gasteiger partial charge in [-0.2, -0.15) is 0 Å². The molecular formula is C31H23NO7. The fraction of sp³-hybridized carbons (Fsp3) is 0.0645. The molecule has 2 heterocycles. The van der Waals surface area contributed by atoms with E-state index in [-0.39, 0.29) is 11.5 Å². The Hall–Kier alpha value is -5.37. The highest BCUT2D eigenvalue weighted by Crippen LogP contribution is 2.37. The van der Waals surface area contributed by atoms with Crippen molar-refractivity contribution in [3.63, 3.8) is 0 Å². The van der Waals surface area contributed by atoms with E-state index in [4.69, 9.17) is 9.15 Å². The molecule has 0 atom stereocenters. The van der Waals surface area contributed by atoms with Gasteiger partial charge in [0.1, 0.15) is 22.8 Å². The molecule has 1 aromatic heterocycles. The first kappa shape index (κ1) is 25.3. The molecule has 2 N–H and O–H groups in total. The lowest BCUT2D eigenvalue weighted by atomic mass is 10.1. The number of rotatable bonds is 7. The first-order valence-corrected chi connectivity index (χ1v) is 12.1. The molecule has 4 aromatic rings. The highest BCUT2D eigenvalue weighted by Gasteiger charge is 2.31. The van der Waals surface area contributed by atoms with Gasteiger partial charge < -0.3 is 19.4 Å². The lowest BCUT2D eigenvalue weighted by Gasteiger charge is -2.21. The number of phenols is 1. The van der Waals surface area contributed by atoms with Crippen LogP contribution in [0.25, 0.3) is 23.1 Å². The van der Waals surface area contributed by atoms with E-state index in [1.54, 1.807) is 55.5 Å². The molecule has 1 amide bonds. The lowest BCUT2D eigenvalue weighted by Crippen LogP contribution is -2.25. The topological polar surface area (TPSA) is 117 Å². The largest absolute Gasteiger partial charge is 0.507 e. The third-order valence-corrected chi connectivity index (χ3v) is 6.13. The Bertz CT molecular complexity index is 1630. The Morgan fingerprint density at radius 3 is 2.36 bits per heavy atom. The molecule has 0 aliphatic carbocycles. The fourth-order valence-corrected chi connectivity index (χ4v) is 4.26. The quantitative estimate of drug-likeness (QED) is 0.226.